The highest BCUT2D eigenvalue weighted by Gasteiger charge is 2.11. The fourth-order valence-corrected chi connectivity index (χ4v) is 6.44. The number of rotatable bonds is 10. The van der Waals surface area contributed by atoms with Gasteiger partial charge in [0, 0.05) is 40.3 Å². The average molecular weight is 819 g/mol. The van der Waals surface area contributed by atoms with Gasteiger partial charge in [0.05, 0.1) is 16.4 Å². The molecule has 8 N–H and O–H groups in total. The summed E-state index contributed by atoms with van der Waals surface area (Å²) in [6, 6.07) is 42.5. The smallest absolute Gasteiger partial charge is 0.246 e. The third-order valence-corrected chi connectivity index (χ3v) is 9.41. The van der Waals surface area contributed by atoms with E-state index >= 15 is 0 Å². The van der Waals surface area contributed by atoms with E-state index in [4.69, 9.17) is 20.9 Å². The van der Waals surface area contributed by atoms with Crippen LogP contribution in [-0.4, -0.2) is 50.3 Å². The standard InChI is InChI=1S/2C23H19N7O/c1-14-4-2-5-16(12-14)26-23-28-21(29-30-23)15-8-10-17(11-9-15)31-20-7-3-6-19-18(20)13-25-22(24)27-19;1-14-3-2-4-17(11-14)26-23-28-21(29-30-23)15-5-7-18(8-6-15)31-19-9-10-20-16(12-19)13-25-22(24)27-20/h2*2-13H,1H3,(H2,24,25,27)(H2,26,28,29,30). The molecule has 16 heteroatoms. The van der Waals surface area contributed by atoms with Gasteiger partial charge in [0.2, 0.25) is 23.8 Å². The molecule has 62 heavy (non-hydrogen) atoms. The lowest BCUT2D eigenvalue weighted by molar-refractivity contribution is 0.483. The number of nitrogens with two attached hydrogens (primary N) is 2. The van der Waals surface area contributed by atoms with Gasteiger partial charge in [-0.2, -0.15) is 9.97 Å². The van der Waals surface area contributed by atoms with Gasteiger partial charge in [0.1, 0.15) is 23.0 Å². The Hall–Kier alpha value is -8.92. The molecular formula is C46H38N14O2. The predicted molar refractivity (Wildman–Crippen MR) is 241 cm³/mol. The summed E-state index contributed by atoms with van der Waals surface area (Å²) in [6.07, 6.45) is 3.35. The Labute approximate surface area is 354 Å². The molecule has 0 aliphatic carbocycles. The largest absolute Gasteiger partial charge is 0.457 e. The van der Waals surface area contributed by atoms with E-state index in [1.54, 1.807) is 12.4 Å². The number of hydrogen-bond acceptors (Lipinski definition) is 14. The molecule has 0 aliphatic heterocycles. The van der Waals surface area contributed by atoms with Crippen molar-refractivity contribution in [2.75, 3.05) is 22.1 Å². The summed E-state index contributed by atoms with van der Waals surface area (Å²) >= 11 is 0. The quantitative estimate of drug-likeness (QED) is 0.0755. The maximum Gasteiger partial charge on any atom is 0.246 e. The Morgan fingerprint density at radius 3 is 1.63 bits per heavy atom. The highest BCUT2D eigenvalue weighted by Crippen LogP contribution is 2.31. The van der Waals surface area contributed by atoms with Crippen molar-refractivity contribution in [1.29, 1.82) is 0 Å². The molecule has 10 aromatic rings. The first-order valence-electron chi connectivity index (χ1n) is 19.4. The van der Waals surface area contributed by atoms with Gasteiger partial charge in [-0.3, -0.25) is 10.2 Å². The third kappa shape index (κ3) is 9.19. The van der Waals surface area contributed by atoms with Gasteiger partial charge in [0.15, 0.2) is 11.6 Å². The molecule has 0 unspecified atom stereocenters. The number of hydrogen-bond donors (Lipinski definition) is 6. The van der Waals surface area contributed by atoms with Crippen molar-refractivity contribution in [1.82, 2.24) is 50.3 Å². The number of ether oxygens (including phenoxy) is 2. The minimum Gasteiger partial charge on any atom is -0.457 e. The van der Waals surface area contributed by atoms with Crippen molar-refractivity contribution >= 4 is 57.0 Å². The maximum absolute atomic E-state index is 6.04. The summed E-state index contributed by atoms with van der Waals surface area (Å²) in [4.78, 5) is 25.5. The van der Waals surface area contributed by atoms with Gasteiger partial charge in [0.25, 0.3) is 0 Å². The molecule has 0 radical (unpaired) electrons. The van der Waals surface area contributed by atoms with Crippen LogP contribution < -0.4 is 31.6 Å². The monoisotopic (exact) mass is 818 g/mol. The molecule has 0 aliphatic rings. The summed E-state index contributed by atoms with van der Waals surface area (Å²) in [5.41, 5.74) is 18.8. The van der Waals surface area contributed by atoms with Crippen LogP contribution in [0.1, 0.15) is 11.1 Å². The number of anilines is 6. The van der Waals surface area contributed by atoms with Crippen LogP contribution in [0.15, 0.2) is 146 Å². The first-order chi connectivity index (χ1) is 30.3. The minimum atomic E-state index is 0.234. The van der Waals surface area contributed by atoms with Crippen molar-refractivity contribution in [3.63, 3.8) is 0 Å². The Balaban J connectivity index is 0.000000158. The summed E-state index contributed by atoms with van der Waals surface area (Å²) in [5, 5.41) is 22.5. The van der Waals surface area contributed by atoms with Crippen LogP contribution in [0, 0.1) is 13.8 Å². The number of nitrogens with one attached hydrogen (secondary N) is 4. The van der Waals surface area contributed by atoms with Crippen molar-refractivity contribution in [3.8, 4) is 45.8 Å². The zero-order valence-corrected chi connectivity index (χ0v) is 33.4. The second-order valence-electron chi connectivity index (χ2n) is 14.1. The molecule has 6 aromatic carbocycles. The number of aryl methyl sites for hydroxylation is 2. The molecular weight excluding hydrogens is 781 g/mol. The first kappa shape index (κ1) is 38.6. The van der Waals surface area contributed by atoms with E-state index in [1.165, 1.54) is 5.56 Å². The second-order valence-corrected chi connectivity index (χ2v) is 14.1. The molecule has 304 valence electrons. The molecule has 16 nitrogen and oxygen atoms in total. The molecule has 0 spiro atoms. The lowest BCUT2D eigenvalue weighted by Crippen LogP contribution is -1.95. The van der Waals surface area contributed by atoms with Gasteiger partial charge < -0.3 is 31.6 Å². The van der Waals surface area contributed by atoms with E-state index < -0.39 is 0 Å². The SMILES string of the molecule is Cc1cccc(Nc2n[nH]c(-c3ccc(Oc4ccc5nc(N)ncc5c4)cc3)n2)c1.Cc1cccc(Nc2n[nH]c(-c3ccc(Oc4cccc5nc(N)ncc45)cc3)n2)c1. The van der Waals surface area contributed by atoms with Crippen LogP contribution in [0.5, 0.6) is 23.0 Å². The Bertz CT molecular complexity index is 3150. The van der Waals surface area contributed by atoms with E-state index in [2.05, 4.69) is 60.9 Å². The number of aromatic nitrogens is 10. The average Bonchev–Trinajstić information content (AvgIpc) is 3.95. The normalized spacial score (nSPS) is 10.9. The van der Waals surface area contributed by atoms with Gasteiger partial charge in [-0.05, 0) is 128 Å². The first-order valence-corrected chi connectivity index (χ1v) is 19.4. The molecule has 0 atom stereocenters. The van der Waals surface area contributed by atoms with E-state index in [1.807, 2.05) is 147 Å². The van der Waals surface area contributed by atoms with Crippen LogP contribution in [0.2, 0.25) is 0 Å². The summed E-state index contributed by atoms with van der Waals surface area (Å²) in [5.74, 6) is 5.59. The van der Waals surface area contributed by atoms with E-state index in [0.717, 1.165) is 49.9 Å². The zero-order valence-electron chi connectivity index (χ0n) is 33.4. The van der Waals surface area contributed by atoms with Crippen LogP contribution in [0.4, 0.5) is 35.2 Å². The van der Waals surface area contributed by atoms with Gasteiger partial charge >= 0.3 is 0 Å². The third-order valence-electron chi connectivity index (χ3n) is 9.41. The van der Waals surface area contributed by atoms with Crippen molar-refractivity contribution < 1.29 is 9.47 Å². The van der Waals surface area contributed by atoms with E-state index in [9.17, 15) is 0 Å². The fraction of sp³-hybridized carbons (Fsp3) is 0.0435. The second kappa shape index (κ2) is 17.1. The van der Waals surface area contributed by atoms with Crippen LogP contribution in [0.25, 0.3) is 44.6 Å². The molecule has 0 saturated carbocycles. The van der Waals surface area contributed by atoms with Crippen LogP contribution >= 0.6 is 0 Å². The lowest BCUT2D eigenvalue weighted by atomic mass is 10.2. The van der Waals surface area contributed by atoms with E-state index in [-0.39, 0.29) is 11.9 Å². The maximum atomic E-state index is 6.04. The molecule has 4 heterocycles. The number of H-pyrrole nitrogens is 2. The summed E-state index contributed by atoms with van der Waals surface area (Å²) in [7, 11) is 0. The minimum absolute atomic E-state index is 0.234. The number of aromatic amines is 2. The number of nitrogens with zero attached hydrogens (tertiary/aromatic N) is 8. The highest BCUT2D eigenvalue weighted by molar-refractivity contribution is 5.85. The van der Waals surface area contributed by atoms with Gasteiger partial charge in [-0.15, -0.1) is 10.2 Å². The van der Waals surface area contributed by atoms with Gasteiger partial charge in [-0.1, -0.05) is 30.3 Å². The molecule has 0 bridgehead atoms. The number of fused-ring (bicyclic) bond motifs is 2. The Morgan fingerprint density at radius 1 is 0.500 bits per heavy atom. The van der Waals surface area contributed by atoms with Crippen LogP contribution in [-0.2, 0) is 0 Å². The Morgan fingerprint density at radius 2 is 1.03 bits per heavy atom. The molecule has 0 saturated heterocycles. The van der Waals surface area contributed by atoms with Crippen molar-refractivity contribution in [2.45, 2.75) is 13.8 Å². The molecule has 0 fully saturated rings. The lowest BCUT2D eigenvalue weighted by Gasteiger charge is -2.09. The highest BCUT2D eigenvalue weighted by atomic mass is 16.5. The van der Waals surface area contributed by atoms with Crippen molar-refractivity contribution in [2.24, 2.45) is 0 Å². The zero-order chi connectivity index (χ0) is 42.4. The summed E-state index contributed by atoms with van der Waals surface area (Å²) < 4.78 is 12.0. The van der Waals surface area contributed by atoms with Crippen LogP contribution in [0.3, 0.4) is 0 Å². The topological polar surface area (TPSA) is 229 Å². The number of benzene rings is 6. The van der Waals surface area contributed by atoms with E-state index in [0.29, 0.717) is 46.5 Å². The molecule has 4 aromatic heterocycles. The summed E-state index contributed by atoms with van der Waals surface area (Å²) in [6.45, 7) is 4.08. The predicted octanol–water partition coefficient (Wildman–Crippen LogP) is 9.68. The number of nitrogen functional groups attached to an aromatic ring is 2. The fourth-order valence-electron chi connectivity index (χ4n) is 6.44. The Kier molecular flexibility index (Phi) is 10.7. The van der Waals surface area contributed by atoms with Gasteiger partial charge in [-0.25, -0.2) is 19.9 Å². The molecule has 10 rings (SSSR count). The molecule has 0 amide bonds. The van der Waals surface area contributed by atoms with Crippen molar-refractivity contribution in [3.05, 3.63) is 157 Å².